The van der Waals surface area contributed by atoms with Crippen LogP contribution in [-0.4, -0.2) is 25.7 Å². The highest BCUT2D eigenvalue weighted by molar-refractivity contribution is 5.92. The summed E-state index contributed by atoms with van der Waals surface area (Å²) in [5.74, 6) is 0.248. The second-order valence-corrected chi connectivity index (χ2v) is 4.01. The molecule has 0 bridgehead atoms. The normalized spacial score (nSPS) is 10.5. The van der Waals surface area contributed by atoms with Gasteiger partial charge in [0.1, 0.15) is 0 Å². The zero-order chi connectivity index (χ0) is 12.5. The van der Waals surface area contributed by atoms with Crippen LogP contribution in [-0.2, 0) is 4.74 Å². The van der Waals surface area contributed by atoms with Crippen LogP contribution in [0.3, 0.4) is 0 Å². The van der Waals surface area contributed by atoms with Crippen LogP contribution in [0.2, 0.25) is 0 Å². The summed E-state index contributed by atoms with van der Waals surface area (Å²) >= 11 is 0. The Morgan fingerprint density at radius 2 is 2.18 bits per heavy atom. The van der Waals surface area contributed by atoms with E-state index < -0.39 is 0 Å². The number of amides is 1. The van der Waals surface area contributed by atoms with Crippen LogP contribution in [0.4, 0.5) is 0 Å². The molecule has 0 radical (unpaired) electrons. The second kappa shape index (κ2) is 7.90. The van der Waals surface area contributed by atoms with Gasteiger partial charge < -0.3 is 14.5 Å². The molecule has 0 atom stereocenters. The molecule has 0 aliphatic heterocycles. The summed E-state index contributed by atoms with van der Waals surface area (Å²) in [7, 11) is 0. The maximum atomic E-state index is 11.6. The van der Waals surface area contributed by atoms with E-state index in [1.165, 1.54) is 6.26 Å². The molecule has 1 aromatic heterocycles. The predicted molar refractivity (Wildman–Crippen MR) is 66.1 cm³/mol. The third-order valence-corrected chi connectivity index (χ3v) is 2.46. The number of hydrogen-bond donors (Lipinski definition) is 1. The molecule has 17 heavy (non-hydrogen) atoms. The summed E-state index contributed by atoms with van der Waals surface area (Å²) in [6, 6.07) is 1.78. The Bertz CT molecular complexity index is 333. The quantitative estimate of drug-likeness (QED) is 0.709. The molecule has 1 amide bonds. The molecule has 0 aliphatic carbocycles. The van der Waals surface area contributed by atoms with E-state index in [0.717, 1.165) is 31.4 Å². The van der Waals surface area contributed by atoms with Gasteiger partial charge >= 0.3 is 0 Å². The molecule has 1 heterocycles. The number of furan rings is 1. The Morgan fingerprint density at radius 3 is 2.82 bits per heavy atom. The summed E-state index contributed by atoms with van der Waals surface area (Å²) in [5, 5.41) is 2.80. The van der Waals surface area contributed by atoms with Crippen molar-refractivity contribution in [3.05, 3.63) is 23.7 Å². The molecule has 0 saturated carbocycles. The van der Waals surface area contributed by atoms with E-state index >= 15 is 0 Å². The highest BCUT2D eigenvalue weighted by Gasteiger charge is 2.10. The van der Waals surface area contributed by atoms with Crippen LogP contribution in [0.25, 0.3) is 0 Å². The van der Waals surface area contributed by atoms with Gasteiger partial charge in [-0.25, -0.2) is 0 Å². The van der Waals surface area contributed by atoms with Gasteiger partial charge in [0.15, 0.2) is 5.76 Å². The van der Waals surface area contributed by atoms with Crippen molar-refractivity contribution in [3.8, 4) is 0 Å². The molecule has 0 aliphatic rings. The molecular formula is C13H21NO3. The molecule has 0 saturated heterocycles. The molecular weight excluding hydrogens is 218 g/mol. The Labute approximate surface area is 102 Å². The Kier molecular flexibility index (Phi) is 6.40. The molecule has 4 heteroatoms. The van der Waals surface area contributed by atoms with Crippen molar-refractivity contribution >= 4 is 5.91 Å². The zero-order valence-electron chi connectivity index (χ0n) is 10.6. The lowest BCUT2D eigenvalue weighted by Gasteiger charge is -2.05. The molecule has 96 valence electrons. The summed E-state index contributed by atoms with van der Waals surface area (Å²) in [4.78, 5) is 11.6. The van der Waals surface area contributed by atoms with Gasteiger partial charge in [0.05, 0.1) is 6.26 Å². The molecule has 1 N–H and O–H groups in total. The second-order valence-electron chi connectivity index (χ2n) is 4.01. The summed E-state index contributed by atoms with van der Waals surface area (Å²) in [6.45, 7) is 6.10. The fourth-order valence-electron chi connectivity index (χ4n) is 1.41. The first-order chi connectivity index (χ1) is 8.25. The summed E-state index contributed by atoms with van der Waals surface area (Å²) < 4.78 is 10.5. The van der Waals surface area contributed by atoms with Gasteiger partial charge in [-0.1, -0.05) is 13.3 Å². The summed E-state index contributed by atoms with van der Waals surface area (Å²) in [6.07, 6.45) is 4.60. The van der Waals surface area contributed by atoms with Crippen LogP contribution < -0.4 is 5.32 Å². The minimum Gasteiger partial charge on any atom is -0.459 e. The van der Waals surface area contributed by atoms with Gasteiger partial charge in [-0.15, -0.1) is 0 Å². The predicted octanol–water partition coefficient (Wildman–Crippen LogP) is 2.52. The van der Waals surface area contributed by atoms with Crippen LogP contribution in [0, 0.1) is 6.92 Å². The Balaban J connectivity index is 2.07. The lowest BCUT2D eigenvalue weighted by atomic mass is 10.2. The van der Waals surface area contributed by atoms with Gasteiger partial charge in [-0.05, 0) is 25.8 Å². The van der Waals surface area contributed by atoms with Gasteiger partial charge in [0.2, 0.25) is 0 Å². The van der Waals surface area contributed by atoms with Crippen LogP contribution in [0.15, 0.2) is 16.7 Å². The Hall–Kier alpha value is -1.29. The number of hydrogen-bond acceptors (Lipinski definition) is 3. The van der Waals surface area contributed by atoms with E-state index in [1.807, 2.05) is 6.92 Å². The number of unbranched alkanes of at least 4 members (excludes halogenated alkanes) is 1. The van der Waals surface area contributed by atoms with Gasteiger partial charge in [0, 0.05) is 25.3 Å². The number of aryl methyl sites for hydroxylation is 1. The minimum absolute atomic E-state index is 0.152. The molecule has 0 spiro atoms. The van der Waals surface area contributed by atoms with E-state index in [0.29, 0.717) is 18.9 Å². The van der Waals surface area contributed by atoms with Crippen molar-refractivity contribution in [2.24, 2.45) is 0 Å². The molecule has 1 aromatic rings. The van der Waals surface area contributed by atoms with Crippen LogP contribution in [0.1, 0.15) is 42.3 Å². The fraction of sp³-hybridized carbons (Fsp3) is 0.615. The first kappa shape index (κ1) is 13.8. The maximum absolute atomic E-state index is 11.6. The first-order valence-corrected chi connectivity index (χ1v) is 6.15. The van der Waals surface area contributed by atoms with E-state index in [9.17, 15) is 4.79 Å². The molecule has 1 rings (SSSR count). The third kappa shape index (κ3) is 5.04. The highest BCUT2D eigenvalue weighted by Crippen LogP contribution is 2.07. The number of ether oxygens (including phenoxy) is 1. The van der Waals surface area contributed by atoms with Gasteiger partial charge in [-0.3, -0.25) is 4.79 Å². The average Bonchev–Trinajstić information content (AvgIpc) is 2.74. The maximum Gasteiger partial charge on any atom is 0.287 e. The van der Waals surface area contributed by atoms with Gasteiger partial charge in [0.25, 0.3) is 5.91 Å². The average molecular weight is 239 g/mol. The topological polar surface area (TPSA) is 51.5 Å². The number of carbonyl (C=O) groups is 1. The monoisotopic (exact) mass is 239 g/mol. The SMILES string of the molecule is CCCCOCCCNC(=O)c1occc1C. The third-order valence-electron chi connectivity index (χ3n) is 2.46. The van der Waals surface area contributed by atoms with Crippen molar-refractivity contribution in [3.63, 3.8) is 0 Å². The van der Waals surface area contributed by atoms with E-state index in [4.69, 9.17) is 9.15 Å². The minimum atomic E-state index is -0.152. The summed E-state index contributed by atoms with van der Waals surface area (Å²) in [5.41, 5.74) is 0.863. The highest BCUT2D eigenvalue weighted by atomic mass is 16.5. The molecule has 4 nitrogen and oxygen atoms in total. The van der Waals surface area contributed by atoms with Crippen LogP contribution >= 0.6 is 0 Å². The fourth-order valence-corrected chi connectivity index (χ4v) is 1.41. The van der Waals surface area contributed by atoms with E-state index in [2.05, 4.69) is 12.2 Å². The smallest absolute Gasteiger partial charge is 0.287 e. The van der Waals surface area contributed by atoms with Crippen molar-refractivity contribution in [1.29, 1.82) is 0 Å². The lowest BCUT2D eigenvalue weighted by molar-refractivity contribution is 0.0912. The Morgan fingerprint density at radius 1 is 1.41 bits per heavy atom. The van der Waals surface area contributed by atoms with Crippen molar-refractivity contribution in [1.82, 2.24) is 5.32 Å². The molecule has 0 fully saturated rings. The van der Waals surface area contributed by atoms with Crippen molar-refractivity contribution < 1.29 is 13.9 Å². The zero-order valence-corrected chi connectivity index (χ0v) is 10.6. The van der Waals surface area contributed by atoms with Gasteiger partial charge in [-0.2, -0.15) is 0 Å². The van der Waals surface area contributed by atoms with Crippen molar-refractivity contribution in [2.45, 2.75) is 33.1 Å². The number of carbonyl (C=O) groups excluding carboxylic acids is 1. The first-order valence-electron chi connectivity index (χ1n) is 6.15. The molecule has 0 unspecified atom stereocenters. The number of rotatable bonds is 8. The van der Waals surface area contributed by atoms with Crippen LogP contribution in [0.5, 0.6) is 0 Å². The largest absolute Gasteiger partial charge is 0.459 e. The number of nitrogens with one attached hydrogen (secondary N) is 1. The van der Waals surface area contributed by atoms with Crippen molar-refractivity contribution in [2.75, 3.05) is 19.8 Å². The standard InChI is InChI=1S/C13H21NO3/c1-3-4-8-16-9-5-7-14-13(15)12-11(2)6-10-17-12/h6,10H,3-5,7-9H2,1-2H3,(H,14,15). The van der Waals surface area contributed by atoms with E-state index in [1.54, 1.807) is 6.07 Å². The van der Waals surface area contributed by atoms with E-state index in [-0.39, 0.29) is 5.91 Å². The molecule has 0 aromatic carbocycles. The lowest BCUT2D eigenvalue weighted by Crippen LogP contribution is -2.25.